The molecule has 0 amide bonds. The highest BCUT2D eigenvalue weighted by Crippen LogP contribution is 2.37. The Morgan fingerprint density at radius 2 is 1.83 bits per heavy atom. The predicted molar refractivity (Wildman–Crippen MR) is 129 cm³/mol. The van der Waals surface area contributed by atoms with Crippen LogP contribution in [0.15, 0.2) is 30.5 Å². The molecule has 1 aliphatic rings. The first-order valence-corrected chi connectivity index (χ1v) is 12.4. The maximum atomic E-state index is 12.9. The fourth-order valence-corrected chi connectivity index (χ4v) is 4.71. The van der Waals surface area contributed by atoms with Crippen molar-refractivity contribution >= 4 is 0 Å². The van der Waals surface area contributed by atoms with E-state index in [-0.39, 0.29) is 18.3 Å². The van der Waals surface area contributed by atoms with Crippen LogP contribution in [0.2, 0.25) is 0 Å². The maximum absolute atomic E-state index is 12.9. The van der Waals surface area contributed by atoms with Crippen molar-refractivity contribution in [2.45, 2.75) is 69.7 Å². The van der Waals surface area contributed by atoms with Crippen LogP contribution in [-0.4, -0.2) is 55.3 Å². The number of benzene rings is 1. The zero-order valence-corrected chi connectivity index (χ0v) is 21.1. The van der Waals surface area contributed by atoms with Crippen molar-refractivity contribution in [2.24, 2.45) is 7.05 Å². The van der Waals surface area contributed by atoms with Crippen molar-refractivity contribution in [3.63, 3.8) is 0 Å². The SMILES string of the molecule is CN(C)CCCCc1cn([C@H]2CC[C@H](c3nnc(COc4cccc(C(F)(F)F)c4)n3C)CC2)nn1. The van der Waals surface area contributed by atoms with Crippen LogP contribution in [0.1, 0.15) is 73.4 Å². The van der Waals surface area contributed by atoms with Gasteiger partial charge in [0, 0.05) is 19.2 Å². The Hall–Kier alpha value is -2.95. The summed E-state index contributed by atoms with van der Waals surface area (Å²) in [5, 5.41) is 17.4. The van der Waals surface area contributed by atoms with Crippen molar-refractivity contribution in [3.8, 4) is 5.75 Å². The third-order valence-electron chi connectivity index (χ3n) is 6.81. The summed E-state index contributed by atoms with van der Waals surface area (Å²) >= 11 is 0. The summed E-state index contributed by atoms with van der Waals surface area (Å²) < 4.78 is 48.3. The minimum atomic E-state index is -4.41. The number of halogens is 3. The highest BCUT2D eigenvalue weighted by atomic mass is 19.4. The van der Waals surface area contributed by atoms with E-state index in [1.165, 1.54) is 12.1 Å². The lowest BCUT2D eigenvalue weighted by Gasteiger charge is -2.27. The Labute approximate surface area is 209 Å². The van der Waals surface area contributed by atoms with Crippen molar-refractivity contribution < 1.29 is 17.9 Å². The lowest BCUT2D eigenvalue weighted by Crippen LogP contribution is -2.20. The summed E-state index contributed by atoms with van der Waals surface area (Å²) in [6, 6.07) is 5.20. The lowest BCUT2D eigenvalue weighted by molar-refractivity contribution is -0.137. The highest BCUT2D eigenvalue weighted by Gasteiger charge is 2.31. The molecule has 0 radical (unpaired) electrons. The maximum Gasteiger partial charge on any atom is 0.416 e. The number of nitrogens with zero attached hydrogens (tertiary/aromatic N) is 7. The molecule has 0 aliphatic heterocycles. The smallest absolute Gasteiger partial charge is 0.416 e. The fourth-order valence-electron chi connectivity index (χ4n) is 4.71. The quantitative estimate of drug-likeness (QED) is 0.369. The average Bonchev–Trinajstić information content (AvgIpc) is 3.47. The molecular formula is C25H34F3N7O. The molecule has 0 spiro atoms. The highest BCUT2D eigenvalue weighted by molar-refractivity contribution is 5.30. The van der Waals surface area contributed by atoms with Gasteiger partial charge in [0.05, 0.1) is 17.3 Å². The Morgan fingerprint density at radius 1 is 1.06 bits per heavy atom. The van der Waals surface area contributed by atoms with E-state index < -0.39 is 11.7 Å². The Balaban J connectivity index is 1.28. The van der Waals surface area contributed by atoms with E-state index in [0.717, 1.165) is 75.1 Å². The van der Waals surface area contributed by atoms with E-state index >= 15 is 0 Å². The summed E-state index contributed by atoms with van der Waals surface area (Å²) in [4.78, 5) is 2.19. The van der Waals surface area contributed by atoms with Gasteiger partial charge in [0.2, 0.25) is 0 Å². The van der Waals surface area contributed by atoms with E-state index in [1.54, 1.807) is 0 Å². The Kier molecular flexibility index (Phi) is 8.28. The Morgan fingerprint density at radius 3 is 2.56 bits per heavy atom. The zero-order valence-electron chi connectivity index (χ0n) is 21.1. The summed E-state index contributed by atoms with van der Waals surface area (Å²) in [5.41, 5.74) is 0.314. The third kappa shape index (κ3) is 6.63. The largest absolute Gasteiger partial charge is 0.486 e. The second-order valence-corrected chi connectivity index (χ2v) is 9.80. The van der Waals surface area contributed by atoms with Gasteiger partial charge in [0.25, 0.3) is 0 Å². The number of hydrogen-bond donors (Lipinski definition) is 0. The number of alkyl halides is 3. The molecule has 4 rings (SSSR count). The molecule has 11 heteroatoms. The standard InChI is InChI=1S/C25H34F3N7O/c1-33(2)14-5-4-8-20-16-35(32-29-20)21-12-10-18(11-13-21)24-31-30-23(34(24)3)17-36-22-9-6-7-19(15-22)25(26,27)28/h6-7,9,15-16,18,21H,4-5,8,10-14,17H2,1-3H3/t18-,21-. The number of aromatic nitrogens is 6. The number of hydrogen-bond acceptors (Lipinski definition) is 6. The van der Waals surface area contributed by atoms with Gasteiger partial charge in [-0.15, -0.1) is 15.3 Å². The lowest BCUT2D eigenvalue weighted by atomic mass is 9.85. The molecule has 1 aliphatic carbocycles. The van der Waals surface area contributed by atoms with Crippen LogP contribution in [-0.2, 0) is 26.3 Å². The summed E-state index contributed by atoms with van der Waals surface area (Å²) in [5.74, 6) is 1.89. The van der Waals surface area contributed by atoms with Gasteiger partial charge in [0.1, 0.15) is 18.2 Å². The minimum absolute atomic E-state index is 0.0520. The molecule has 0 N–H and O–H groups in total. The molecular weight excluding hydrogens is 471 g/mol. The van der Waals surface area contributed by atoms with Crippen LogP contribution in [0.25, 0.3) is 0 Å². The zero-order chi connectivity index (χ0) is 25.7. The molecule has 8 nitrogen and oxygen atoms in total. The predicted octanol–water partition coefficient (Wildman–Crippen LogP) is 4.79. The van der Waals surface area contributed by atoms with Crippen LogP contribution >= 0.6 is 0 Å². The summed E-state index contributed by atoms with van der Waals surface area (Å²) in [7, 11) is 6.05. The van der Waals surface area contributed by atoms with Crippen LogP contribution in [0, 0.1) is 0 Å². The second kappa shape index (κ2) is 11.4. The normalized spacial score (nSPS) is 18.6. The first-order chi connectivity index (χ1) is 17.2. The number of ether oxygens (including phenoxy) is 1. The second-order valence-electron chi connectivity index (χ2n) is 9.80. The first-order valence-electron chi connectivity index (χ1n) is 12.4. The van der Waals surface area contributed by atoms with E-state index in [4.69, 9.17) is 4.74 Å². The van der Waals surface area contributed by atoms with Gasteiger partial charge in [0.15, 0.2) is 5.82 Å². The van der Waals surface area contributed by atoms with Gasteiger partial charge in [-0.3, -0.25) is 0 Å². The molecule has 196 valence electrons. The molecule has 36 heavy (non-hydrogen) atoms. The fraction of sp³-hybridized carbons (Fsp3) is 0.600. The molecule has 2 aromatic heterocycles. The van der Waals surface area contributed by atoms with Gasteiger partial charge in [-0.2, -0.15) is 13.2 Å². The van der Waals surface area contributed by atoms with Gasteiger partial charge < -0.3 is 14.2 Å². The topological polar surface area (TPSA) is 73.9 Å². The van der Waals surface area contributed by atoms with Crippen LogP contribution in [0.5, 0.6) is 5.75 Å². The average molecular weight is 506 g/mol. The van der Waals surface area contributed by atoms with Gasteiger partial charge in [-0.05, 0) is 83.8 Å². The molecule has 1 fully saturated rings. The third-order valence-corrected chi connectivity index (χ3v) is 6.81. The molecule has 1 aromatic carbocycles. The van der Waals surface area contributed by atoms with E-state index in [2.05, 4.69) is 45.7 Å². The molecule has 2 heterocycles. The minimum Gasteiger partial charge on any atom is -0.486 e. The molecule has 0 saturated heterocycles. The van der Waals surface area contributed by atoms with Crippen LogP contribution in [0.3, 0.4) is 0 Å². The molecule has 0 bridgehead atoms. The molecule has 1 saturated carbocycles. The van der Waals surface area contributed by atoms with Crippen molar-refractivity contribution in [1.82, 2.24) is 34.7 Å². The molecule has 3 aromatic rings. The van der Waals surface area contributed by atoms with Gasteiger partial charge in [-0.25, -0.2) is 4.68 Å². The van der Waals surface area contributed by atoms with E-state index in [0.29, 0.717) is 11.9 Å². The van der Waals surface area contributed by atoms with Crippen LogP contribution < -0.4 is 4.74 Å². The first kappa shape index (κ1) is 26.1. The van der Waals surface area contributed by atoms with Crippen molar-refractivity contribution in [2.75, 3.05) is 20.6 Å². The monoisotopic (exact) mass is 505 g/mol. The number of rotatable bonds is 10. The van der Waals surface area contributed by atoms with E-state index in [1.807, 2.05) is 16.3 Å². The van der Waals surface area contributed by atoms with Crippen molar-refractivity contribution in [1.29, 1.82) is 0 Å². The molecule has 0 unspecified atom stereocenters. The summed E-state index contributed by atoms with van der Waals surface area (Å²) in [6.45, 7) is 1.13. The van der Waals surface area contributed by atoms with E-state index in [9.17, 15) is 13.2 Å². The number of unbranched alkanes of at least 4 members (excludes halogenated alkanes) is 1. The van der Waals surface area contributed by atoms with Crippen molar-refractivity contribution in [3.05, 3.63) is 53.4 Å². The Bertz CT molecular complexity index is 1120. The van der Waals surface area contributed by atoms with Crippen LogP contribution in [0.4, 0.5) is 13.2 Å². The van der Waals surface area contributed by atoms with Gasteiger partial charge in [-0.1, -0.05) is 11.3 Å². The summed E-state index contributed by atoms with van der Waals surface area (Å²) in [6.07, 6.45) is 4.78. The molecule has 0 atom stereocenters. The van der Waals surface area contributed by atoms with Gasteiger partial charge >= 0.3 is 6.18 Å². The number of aryl methyl sites for hydroxylation is 1.